The summed E-state index contributed by atoms with van der Waals surface area (Å²) in [6.07, 6.45) is 8.20. The van der Waals surface area contributed by atoms with Gasteiger partial charge in [-0.2, -0.15) is 23.5 Å². The molecule has 156 valence electrons. The third-order valence-corrected chi connectivity index (χ3v) is 6.32. The number of quaternary nitrogens is 1. The van der Waals surface area contributed by atoms with Crippen LogP contribution in [0.3, 0.4) is 0 Å². The number of rotatable bonds is 12. The summed E-state index contributed by atoms with van der Waals surface area (Å²) < 4.78 is 0. The minimum atomic E-state index is -1.22. The van der Waals surface area contributed by atoms with Crippen LogP contribution in [0.5, 0.6) is 0 Å². The summed E-state index contributed by atoms with van der Waals surface area (Å²) in [6, 6.07) is -1.14. The van der Waals surface area contributed by atoms with Crippen LogP contribution in [0.4, 0.5) is 0 Å². The topological polar surface area (TPSA) is 126 Å². The quantitative estimate of drug-likeness (QED) is 0.382. The largest absolute Gasteiger partial charge is 0.548 e. The van der Waals surface area contributed by atoms with E-state index in [1.807, 2.05) is 12.5 Å². The monoisotopic (exact) mass is 419 g/mol. The molecule has 5 N–H and O–H groups in total. The Balaban J connectivity index is 2.33. The molecule has 0 bridgehead atoms. The van der Waals surface area contributed by atoms with Crippen molar-refractivity contribution in [2.75, 3.05) is 30.6 Å². The average molecular weight is 420 g/mol. The second-order valence-corrected chi connectivity index (χ2v) is 9.07. The zero-order valence-electron chi connectivity index (χ0n) is 16.3. The highest BCUT2D eigenvalue weighted by molar-refractivity contribution is 7.98. The van der Waals surface area contributed by atoms with E-state index in [1.54, 1.807) is 23.5 Å². The van der Waals surface area contributed by atoms with Gasteiger partial charge in [0.2, 0.25) is 5.91 Å². The number of carboxylic acid groups (broad SMARTS) is 1. The predicted octanol–water partition coefficient (Wildman–Crippen LogP) is -0.740. The first kappa shape index (κ1) is 24.1. The normalized spacial score (nSPS) is 21.9. The molecule has 2 atom stereocenters. The fourth-order valence-electron chi connectivity index (χ4n) is 3.18. The summed E-state index contributed by atoms with van der Waals surface area (Å²) >= 11 is 3.25. The summed E-state index contributed by atoms with van der Waals surface area (Å²) in [5.41, 5.74) is 3.90. The first-order valence-electron chi connectivity index (χ1n) is 9.48. The zero-order valence-corrected chi connectivity index (χ0v) is 18.0. The van der Waals surface area contributed by atoms with E-state index in [-0.39, 0.29) is 23.8 Å². The molecule has 0 aromatic carbocycles. The molecule has 0 unspecified atom stereocenters. The van der Waals surface area contributed by atoms with Gasteiger partial charge >= 0.3 is 0 Å². The van der Waals surface area contributed by atoms with Crippen LogP contribution in [0.15, 0.2) is 0 Å². The number of carbonyl (C=O) groups is 3. The van der Waals surface area contributed by atoms with E-state index in [4.69, 9.17) is 0 Å². The Bertz CT molecular complexity index is 485. The first-order chi connectivity index (χ1) is 12.9. The van der Waals surface area contributed by atoms with Crippen molar-refractivity contribution in [3.63, 3.8) is 0 Å². The van der Waals surface area contributed by atoms with Gasteiger partial charge in [-0.1, -0.05) is 0 Å². The lowest BCUT2D eigenvalue weighted by Gasteiger charge is -2.29. The lowest BCUT2D eigenvalue weighted by atomic mass is 9.81. The van der Waals surface area contributed by atoms with Crippen molar-refractivity contribution in [3.8, 4) is 0 Å². The SMILES string of the molecule is CSCC[C@H]([NH3+])C(=O)NCC1CCC(C(=O)N[C@H](CCSC)C(=O)[O-])CC1. The number of amides is 2. The standard InChI is InChI=1S/C18H33N3O4S2/c1-26-9-7-14(19)17(23)20-11-12-3-5-13(6-4-12)16(22)21-15(18(24)25)8-10-27-2/h12-15H,3-11,19H2,1-2H3,(H,20,23)(H,21,22)(H,24,25)/t12?,13?,14-,15+/m0/s1. The van der Waals surface area contributed by atoms with Crippen LogP contribution in [-0.4, -0.2) is 60.4 Å². The van der Waals surface area contributed by atoms with Gasteiger partial charge in [0.1, 0.15) is 0 Å². The summed E-state index contributed by atoms with van der Waals surface area (Å²) in [7, 11) is 0. The molecule has 1 fully saturated rings. The number of carbonyl (C=O) groups excluding carboxylic acids is 3. The summed E-state index contributed by atoms with van der Waals surface area (Å²) in [4.78, 5) is 35.5. The maximum atomic E-state index is 12.3. The third kappa shape index (κ3) is 9.21. The highest BCUT2D eigenvalue weighted by atomic mass is 32.2. The molecule has 0 radical (unpaired) electrons. The number of thioether (sulfide) groups is 2. The fourth-order valence-corrected chi connectivity index (χ4v) is 4.18. The summed E-state index contributed by atoms with van der Waals surface area (Å²) in [6.45, 7) is 0.619. The predicted molar refractivity (Wildman–Crippen MR) is 108 cm³/mol. The summed E-state index contributed by atoms with van der Waals surface area (Å²) in [5, 5.41) is 16.8. The van der Waals surface area contributed by atoms with Crippen LogP contribution >= 0.6 is 23.5 Å². The maximum Gasteiger partial charge on any atom is 0.278 e. The molecule has 1 saturated carbocycles. The highest BCUT2D eigenvalue weighted by Gasteiger charge is 2.28. The molecule has 0 aromatic heterocycles. The minimum Gasteiger partial charge on any atom is -0.548 e. The molecule has 0 heterocycles. The first-order valence-corrected chi connectivity index (χ1v) is 12.3. The smallest absolute Gasteiger partial charge is 0.278 e. The molecule has 1 rings (SSSR count). The van der Waals surface area contributed by atoms with E-state index in [2.05, 4.69) is 16.4 Å². The third-order valence-electron chi connectivity index (χ3n) is 5.04. The van der Waals surface area contributed by atoms with E-state index in [0.717, 1.165) is 37.9 Å². The number of aliphatic carboxylic acids is 1. The van der Waals surface area contributed by atoms with Crippen LogP contribution in [0.2, 0.25) is 0 Å². The number of hydrogen-bond acceptors (Lipinski definition) is 6. The van der Waals surface area contributed by atoms with Crippen molar-refractivity contribution in [2.24, 2.45) is 11.8 Å². The van der Waals surface area contributed by atoms with Crippen molar-refractivity contribution >= 4 is 41.3 Å². The Labute approximate surface area is 170 Å². The van der Waals surface area contributed by atoms with Gasteiger partial charge in [-0.25, -0.2) is 0 Å². The van der Waals surface area contributed by atoms with Crippen LogP contribution in [0.25, 0.3) is 0 Å². The molecule has 27 heavy (non-hydrogen) atoms. The van der Waals surface area contributed by atoms with Crippen LogP contribution in [0, 0.1) is 11.8 Å². The Morgan fingerprint density at radius 3 is 2.22 bits per heavy atom. The van der Waals surface area contributed by atoms with Crippen molar-refractivity contribution in [3.05, 3.63) is 0 Å². The van der Waals surface area contributed by atoms with Crippen LogP contribution < -0.4 is 21.5 Å². The molecule has 2 amide bonds. The zero-order chi connectivity index (χ0) is 20.2. The molecule has 0 spiro atoms. The van der Waals surface area contributed by atoms with Crippen LogP contribution in [0.1, 0.15) is 38.5 Å². The van der Waals surface area contributed by atoms with E-state index >= 15 is 0 Å². The van der Waals surface area contributed by atoms with E-state index in [0.29, 0.717) is 24.6 Å². The van der Waals surface area contributed by atoms with Gasteiger partial charge in [0, 0.05) is 18.9 Å². The molecule has 0 aromatic rings. The van der Waals surface area contributed by atoms with Crippen LogP contribution in [-0.2, 0) is 14.4 Å². The van der Waals surface area contributed by atoms with E-state index < -0.39 is 12.0 Å². The average Bonchev–Trinajstić information content (AvgIpc) is 2.67. The van der Waals surface area contributed by atoms with Crippen molar-refractivity contribution in [1.29, 1.82) is 0 Å². The molecular weight excluding hydrogens is 386 g/mol. The highest BCUT2D eigenvalue weighted by Crippen LogP contribution is 2.28. The second kappa shape index (κ2) is 13.3. The molecule has 1 aliphatic carbocycles. The van der Waals surface area contributed by atoms with Gasteiger partial charge in [-0.05, 0) is 62.0 Å². The molecule has 0 saturated heterocycles. The fraction of sp³-hybridized carbons (Fsp3) is 0.833. The Kier molecular flexibility index (Phi) is 11.9. The van der Waals surface area contributed by atoms with Crippen molar-refractivity contribution in [2.45, 2.75) is 50.6 Å². The van der Waals surface area contributed by atoms with Crippen molar-refractivity contribution in [1.82, 2.24) is 10.6 Å². The van der Waals surface area contributed by atoms with E-state index in [9.17, 15) is 19.5 Å². The molecule has 0 aliphatic heterocycles. The minimum absolute atomic E-state index is 0.00508. The van der Waals surface area contributed by atoms with Gasteiger partial charge in [-0.15, -0.1) is 0 Å². The molecule has 1 aliphatic rings. The Morgan fingerprint density at radius 2 is 1.67 bits per heavy atom. The Morgan fingerprint density at radius 1 is 1.07 bits per heavy atom. The van der Waals surface area contributed by atoms with Gasteiger partial charge in [-0.3, -0.25) is 9.59 Å². The van der Waals surface area contributed by atoms with Crippen molar-refractivity contribution < 1.29 is 25.2 Å². The molecular formula is C18H33N3O4S2. The number of carboxylic acids is 1. The Hall–Kier alpha value is -0.930. The lowest BCUT2D eigenvalue weighted by Crippen LogP contribution is -2.67. The van der Waals surface area contributed by atoms with Gasteiger partial charge in [0.25, 0.3) is 5.91 Å². The number of nitrogens with one attached hydrogen (secondary N) is 2. The number of hydrogen-bond donors (Lipinski definition) is 3. The molecule has 7 nitrogen and oxygen atoms in total. The maximum absolute atomic E-state index is 12.3. The van der Waals surface area contributed by atoms with E-state index in [1.165, 1.54) is 0 Å². The van der Waals surface area contributed by atoms with Gasteiger partial charge in [0.05, 0.1) is 12.0 Å². The lowest BCUT2D eigenvalue weighted by molar-refractivity contribution is -0.403. The van der Waals surface area contributed by atoms with Gasteiger partial charge < -0.3 is 26.3 Å². The molecule has 9 heteroatoms. The van der Waals surface area contributed by atoms with Gasteiger partial charge in [0.15, 0.2) is 6.04 Å². The summed E-state index contributed by atoms with van der Waals surface area (Å²) in [5.74, 6) is 0.367. The second-order valence-electron chi connectivity index (χ2n) is 7.10.